The van der Waals surface area contributed by atoms with Crippen LogP contribution in [0, 0.1) is 0 Å². The second-order valence-corrected chi connectivity index (χ2v) is 5.37. The fraction of sp³-hybridized carbons (Fsp3) is 0.562. The molecule has 0 radical (unpaired) electrons. The van der Waals surface area contributed by atoms with Crippen LogP contribution in [0.25, 0.3) is 0 Å². The van der Waals surface area contributed by atoms with E-state index in [1.54, 1.807) is 0 Å². The second-order valence-electron chi connectivity index (χ2n) is 5.37. The van der Waals surface area contributed by atoms with Crippen LogP contribution in [0.3, 0.4) is 0 Å². The van der Waals surface area contributed by atoms with Crippen molar-refractivity contribution in [3.8, 4) is 5.75 Å². The van der Waals surface area contributed by atoms with Gasteiger partial charge in [-0.25, -0.2) is 0 Å². The number of carbonyl (C=O) groups is 1. The molecule has 0 aliphatic carbocycles. The lowest BCUT2D eigenvalue weighted by atomic mass is 10.2. The Kier molecular flexibility index (Phi) is 6.02. The van der Waals surface area contributed by atoms with Gasteiger partial charge in [-0.3, -0.25) is 4.79 Å². The van der Waals surface area contributed by atoms with E-state index in [0.29, 0.717) is 19.7 Å². The monoisotopic (exact) mass is 291 g/mol. The van der Waals surface area contributed by atoms with Gasteiger partial charge in [-0.15, -0.1) is 0 Å². The zero-order valence-electron chi connectivity index (χ0n) is 13.0. The molecule has 1 amide bonds. The smallest absolute Gasteiger partial charge is 0.236 e. The number of ether oxygens (including phenoxy) is 1. The topological polar surface area (TPSA) is 44.8 Å². The molecule has 0 aromatic heterocycles. The second kappa shape index (κ2) is 8.00. The van der Waals surface area contributed by atoms with Crippen LogP contribution < -0.4 is 10.1 Å². The lowest BCUT2D eigenvalue weighted by Crippen LogP contribution is -2.49. The fourth-order valence-electron chi connectivity index (χ4n) is 2.39. The highest BCUT2D eigenvalue weighted by Gasteiger charge is 2.18. The van der Waals surface area contributed by atoms with Gasteiger partial charge in [0.1, 0.15) is 5.75 Å². The molecule has 1 N–H and O–H groups in total. The minimum Gasteiger partial charge on any atom is -0.494 e. The van der Waals surface area contributed by atoms with E-state index in [4.69, 9.17) is 4.74 Å². The number of carbonyl (C=O) groups excluding carboxylic acids is 1. The zero-order valence-corrected chi connectivity index (χ0v) is 13.0. The summed E-state index contributed by atoms with van der Waals surface area (Å²) in [5.41, 5.74) is 1.13. The fourth-order valence-corrected chi connectivity index (χ4v) is 2.39. The number of hydrogen-bond acceptors (Lipinski definition) is 4. The van der Waals surface area contributed by atoms with Gasteiger partial charge in [-0.2, -0.15) is 0 Å². The lowest BCUT2D eigenvalue weighted by Gasteiger charge is -2.32. The first kappa shape index (κ1) is 15.8. The molecule has 1 fully saturated rings. The molecule has 1 aromatic carbocycles. The average Bonchev–Trinajstić information content (AvgIpc) is 2.48. The van der Waals surface area contributed by atoms with Crippen molar-refractivity contribution in [1.29, 1.82) is 0 Å². The maximum absolute atomic E-state index is 12.1. The predicted molar refractivity (Wildman–Crippen MR) is 83.4 cm³/mol. The van der Waals surface area contributed by atoms with E-state index in [2.05, 4.69) is 17.3 Å². The van der Waals surface area contributed by atoms with Gasteiger partial charge in [0.25, 0.3) is 0 Å². The Morgan fingerprint density at radius 3 is 2.76 bits per heavy atom. The van der Waals surface area contributed by atoms with Crippen molar-refractivity contribution in [2.24, 2.45) is 0 Å². The highest BCUT2D eigenvalue weighted by molar-refractivity contribution is 5.78. The predicted octanol–water partition coefficient (Wildman–Crippen LogP) is 0.949. The molecule has 21 heavy (non-hydrogen) atoms. The number of rotatable bonds is 6. The van der Waals surface area contributed by atoms with Crippen LogP contribution >= 0.6 is 0 Å². The summed E-state index contributed by atoms with van der Waals surface area (Å²) in [5, 5.41) is 3.22. The standard InChI is InChI=1S/C16H25N3O2/c1-3-21-15-6-4-5-14(11-15)12-17-13-16(20)19-9-7-18(2)8-10-19/h4-6,11,17H,3,7-10,12-13H2,1-2H3. The molecule has 5 nitrogen and oxygen atoms in total. The van der Waals surface area contributed by atoms with Crippen molar-refractivity contribution in [3.05, 3.63) is 29.8 Å². The van der Waals surface area contributed by atoms with Crippen LogP contribution in [-0.4, -0.2) is 62.1 Å². The molecule has 1 aliphatic rings. The third kappa shape index (κ3) is 5.02. The van der Waals surface area contributed by atoms with Crippen LogP contribution in [0.2, 0.25) is 0 Å². The molecule has 0 unspecified atom stereocenters. The van der Waals surface area contributed by atoms with Crippen molar-refractivity contribution in [1.82, 2.24) is 15.1 Å². The van der Waals surface area contributed by atoms with Gasteiger partial charge in [0, 0.05) is 32.7 Å². The molecule has 0 saturated carbocycles. The normalized spacial score (nSPS) is 16.0. The summed E-state index contributed by atoms with van der Waals surface area (Å²) >= 11 is 0. The average molecular weight is 291 g/mol. The van der Waals surface area contributed by atoms with E-state index in [1.165, 1.54) is 0 Å². The van der Waals surface area contributed by atoms with E-state index in [9.17, 15) is 4.79 Å². The molecule has 1 aromatic rings. The molecule has 0 atom stereocenters. The summed E-state index contributed by atoms with van der Waals surface area (Å²) in [6.07, 6.45) is 0. The van der Waals surface area contributed by atoms with E-state index in [1.807, 2.05) is 36.1 Å². The number of hydrogen-bond donors (Lipinski definition) is 1. The van der Waals surface area contributed by atoms with Crippen molar-refractivity contribution in [2.75, 3.05) is 46.4 Å². The Labute approximate surface area is 126 Å². The number of nitrogens with zero attached hydrogens (tertiary/aromatic N) is 2. The van der Waals surface area contributed by atoms with Gasteiger partial charge in [0.2, 0.25) is 5.91 Å². The maximum Gasteiger partial charge on any atom is 0.236 e. The van der Waals surface area contributed by atoms with Gasteiger partial charge in [0.15, 0.2) is 0 Å². The van der Waals surface area contributed by atoms with Gasteiger partial charge < -0.3 is 19.9 Å². The summed E-state index contributed by atoms with van der Waals surface area (Å²) < 4.78 is 5.47. The Hall–Kier alpha value is -1.59. The van der Waals surface area contributed by atoms with Gasteiger partial charge >= 0.3 is 0 Å². The summed E-state index contributed by atoms with van der Waals surface area (Å²) in [4.78, 5) is 16.3. The van der Waals surface area contributed by atoms with E-state index < -0.39 is 0 Å². The van der Waals surface area contributed by atoms with Crippen LogP contribution in [0.4, 0.5) is 0 Å². The first-order chi connectivity index (χ1) is 10.2. The molecule has 1 aliphatic heterocycles. The molecule has 5 heteroatoms. The molecular weight excluding hydrogens is 266 g/mol. The van der Waals surface area contributed by atoms with E-state index in [0.717, 1.165) is 37.5 Å². The Bertz CT molecular complexity index is 457. The molecule has 1 saturated heterocycles. The van der Waals surface area contributed by atoms with Crippen molar-refractivity contribution in [3.63, 3.8) is 0 Å². The van der Waals surface area contributed by atoms with Crippen molar-refractivity contribution >= 4 is 5.91 Å². The number of amides is 1. The maximum atomic E-state index is 12.1. The Morgan fingerprint density at radius 2 is 2.05 bits per heavy atom. The third-order valence-corrected chi connectivity index (χ3v) is 3.67. The number of likely N-dealkylation sites (N-methyl/N-ethyl adjacent to an activating group) is 1. The highest BCUT2D eigenvalue weighted by atomic mass is 16.5. The van der Waals surface area contributed by atoms with Crippen LogP contribution in [0.5, 0.6) is 5.75 Å². The van der Waals surface area contributed by atoms with Crippen molar-refractivity contribution in [2.45, 2.75) is 13.5 Å². The summed E-state index contributed by atoms with van der Waals surface area (Å²) in [7, 11) is 2.09. The van der Waals surface area contributed by atoms with Crippen LogP contribution in [0.1, 0.15) is 12.5 Å². The quantitative estimate of drug-likeness (QED) is 0.847. The van der Waals surface area contributed by atoms with Crippen LogP contribution in [-0.2, 0) is 11.3 Å². The summed E-state index contributed by atoms with van der Waals surface area (Å²) in [5.74, 6) is 1.06. The SMILES string of the molecule is CCOc1cccc(CNCC(=O)N2CCN(C)CC2)c1. The first-order valence-electron chi connectivity index (χ1n) is 7.58. The molecule has 0 bridgehead atoms. The van der Waals surface area contributed by atoms with Crippen LogP contribution in [0.15, 0.2) is 24.3 Å². The summed E-state index contributed by atoms with van der Waals surface area (Å²) in [6, 6.07) is 7.97. The van der Waals surface area contributed by atoms with Gasteiger partial charge in [-0.1, -0.05) is 12.1 Å². The van der Waals surface area contributed by atoms with E-state index in [-0.39, 0.29) is 5.91 Å². The molecule has 1 heterocycles. The summed E-state index contributed by atoms with van der Waals surface area (Å²) in [6.45, 7) is 7.29. The number of piperazine rings is 1. The Morgan fingerprint density at radius 1 is 1.29 bits per heavy atom. The molecular formula is C16H25N3O2. The lowest BCUT2D eigenvalue weighted by molar-refractivity contribution is -0.131. The molecule has 116 valence electrons. The Balaban J connectivity index is 1.73. The largest absolute Gasteiger partial charge is 0.494 e. The molecule has 2 rings (SSSR count). The van der Waals surface area contributed by atoms with Gasteiger partial charge in [-0.05, 0) is 31.7 Å². The van der Waals surface area contributed by atoms with Gasteiger partial charge in [0.05, 0.1) is 13.2 Å². The number of nitrogens with one attached hydrogen (secondary N) is 1. The minimum atomic E-state index is 0.184. The zero-order chi connectivity index (χ0) is 15.1. The van der Waals surface area contributed by atoms with E-state index >= 15 is 0 Å². The molecule has 0 spiro atoms. The minimum absolute atomic E-state index is 0.184. The first-order valence-corrected chi connectivity index (χ1v) is 7.58. The third-order valence-electron chi connectivity index (χ3n) is 3.67. The number of benzene rings is 1. The van der Waals surface area contributed by atoms with Crippen molar-refractivity contribution < 1.29 is 9.53 Å². The highest BCUT2D eigenvalue weighted by Crippen LogP contribution is 2.12.